The van der Waals surface area contributed by atoms with Gasteiger partial charge in [-0.1, -0.05) is 30.3 Å². The first kappa shape index (κ1) is 18.1. The second kappa shape index (κ2) is 8.61. The van der Waals surface area contributed by atoms with Crippen molar-refractivity contribution in [2.45, 2.75) is 32.4 Å². The number of hydrogen-bond donors (Lipinski definition) is 0. The molecule has 2 aromatic carbocycles. The molecule has 3 rings (SSSR count). The van der Waals surface area contributed by atoms with Gasteiger partial charge in [0.15, 0.2) is 11.5 Å². The molecule has 0 saturated carbocycles. The summed E-state index contributed by atoms with van der Waals surface area (Å²) in [6, 6.07) is 13.7. The zero-order chi connectivity index (χ0) is 18.4. The minimum absolute atomic E-state index is 0.281. The summed E-state index contributed by atoms with van der Waals surface area (Å²) >= 11 is 0. The number of benzene rings is 2. The molecule has 1 aliphatic rings. The van der Waals surface area contributed by atoms with E-state index in [-0.39, 0.29) is 12.7 Å². The van der Waals surface area contributed by atoms with Crippen LogP contribution >= 0.6 is 0 Å². The Morgan fingerprint density at radius 3 is 2.38 bits per heavy atom. The Kier molecular flexibility index (Phi) is 6.00. The number of aryl methyl sites for hydroxylation is 1. The van der Waals surface area contributed by atoms with Gasteiger partial charge in [-0.05, 0) is 48.1 Å². The maximum absolute atomic E-state index is 12.6. The molecule has 5 nitrogen and oxygen atoms in total. The van der Waals surface area contributed by atoms with Crippen LogP contribution in [0.2, 0.25) is 0 Å². The predicted molar refractivity (Wildman–Crippen MR) is 99.5 cm³/mol. The SMILES string of the molecule is COc1cc2c(cc1OC)CN(C(=O)OCc1ccccc1)CCCC2. The molecule has 1 aliphatic heterocycles. The molecule has 1 amide bonds. The van der Waals surface area contributed by atoms with Gasteiger partial charge in [0.05, 0.1) is 14.2 Å². The summed E-state index contributed by atoms with van der Waals surface area (Å²) < 4.78 is 16.3. The number of hydrogen-bond acceptors (Lipinski definition) is 4. The summed E-state index contributed by atoms with van der Waals surface area (Å²) in [6.07, 6.45) is 2.67. The maximum atomic E-state index is 12.6. The molecule has 0 radical (unpaired) electrons. The molecule has 0 saturated heterocycles. The fraction of sp³-hybridized carbons (Fsp3) is 0.381. The monoisotopic (exact) mass is 355 g/mol. The van der Waals surface area contributed by atoms with Crippen molar-refractivity contribution < 1.29 is 19.0 Å². The van der Waals surface area contributed by atoms with Crippen LogP contribution < -0.4 is 9.47 Å². The summed E-state index contributed by atoms with van der Waals surface area (Å²) in [5.74, 6) is 1.41. The third-order valence-corrected chi connectivity index (χ3v) is 4.65. The van der Waals surface area contributed by atoms with Gasteiger partial charge < -0.3 is 19.1 Å². The minimum Gasteiger partial charge on any atom is -0.493 e. The van der Waals surface area contributed by atoms with Crippen LogP contribution in [0, 0.1) is 0 Å². The number of carbonyl (C=O) groups is 1. The Hall–Kier alpha value is -2.69. The number of methoxy groups -OCH3 is 2. The highest BCUT2D eigenvalue weighted by Crippen LogP contribution is 2.33. The van der Waals surface area contributed by atoms with Crippen LogP contribution in [0.15, 0.2) is 42.5 Å². The second-order valence-electron chi connectivity index (χ2n) is 6.39. The van der Waals surface area contributed by atoms with E-state index >= 15 is 0 Å². The van der Waals surface area contributed by atoms with Crippen molar-refractivity contribution >= 4 is 6.09 Å². The molecule has 0 spiro atoms. The lowest BCUT2D eigenvalue weighted by Gasteiger charge is -2.26. The highest BCUT2D eigenvalue weighted by Gasteiger charge is 2.21. The van der Waals surface area contributed by atoms with E-state index in [1.54, 1.807) is 19.1 Å². The van der Waals surface area contributed by atoms with Crippen LogP contribution in [0.5, 0.6) is 11.5 Å². The topological polar surface area (TPSA) is 48.0 Å². The van der Waals surface area contributed by atoms with Gasteiger partial charge in [0.2, 0.25) is 0 Å². The molecule has 0 atom stereocenters. The van der Waals surface area contributed by atoms with Crippen molar-refractivity contribution in [2.75, 3.05) is 20.8 Å². The Balaban J connectivity index is 1.74. The first-order valence-electron chi connectivity index (χ1n) is 8.90. The smallest absolute Gasteiger partial charge is 0.410 e. The Morgan fingerprint density at radius 2 is 1.69 bits per heavy atom. The minimum atomic E-state index is -0.281. The first-order valence-corrected chi connectivity index (χ1v) is 8.90. The van der Waals surface area contributed by atoms with E-state index < -0.39 is 0 Å². The van der Waals surface area contributed by atoms with Gasteiger partial charge in [0.25, 0.3) is 0 Å². The van der Waals surface area contributed by atoms with Gasteiger partial charge >= 0.3 is 6.09 Å². The third-order valence-electron chi connectivity index (χ3n) is 4.65. The Morgan fingerprint density at radius 1 is 1.00 bits per heavy atom. The molecule has 0 bridgehead atoms. The average molecular weight is 355 g/mol. The largest absolute Gasteiger partial charge is 0.493 e. The van der Waals surface area contributed by atoms with Gasteiger partial charge in [-0.3, -0.25) is 0 Å². The fourth-order valence-electron chi connectivity index (χ4n) is 3.21. The highest BCUT2D eigenvalue weighted by atomic mass is 16.6. The summed E-state index contributed by atoms with van der Waals surface area (Å²) in [5, 5.41) is 0. The van der Waals surface area contributed by atoms with E-state index in [0.29, 0.717) is 18.8 Å². The summed E-state index contributed by atoms with van der Waals surface area (Å²) in [4.78, 5) is 14.3. The van der Waals surface area contributed by atoms with Crippen LogP contribution in [0.1, 0.15) is 29.5 Å². The molecule has 26 heavy (non-hydrogen) atoms. The maximum Gasteiger partial charge on any atom is 0.410 e. The first-order chi connectivity index (χ1) is 12.7. The van der Waals surface area contributed by atoms with Crippen molar-refractivity contribution in [3.63, 3.8) is 0 Å². The third kappa shape index (κ3) is 4.28. The molecular weight excluding hydrogens is 330 g/mol. The number of fused-ring (bicyclic) bond motifs is 1. The molecule has 1 heterocycles. The number of nitrogens with zero attached hydrogens (tertiary/aromatic N) is 1. The van der Waals surface area contributed by atoms with Gasteiger partial charge in [0.1, 0.15) is 6.61 Å². The zero-order valence-electron chi connectivity index (χ0n) is 15.4. The summed E-state index contributed by atoms with van der Waals surface area (Å²) in [5.41, 5.74) is 3.27. The molecular formula is C21H25NO4. The van der Waals surface area contributed by atoms with E-state index in [1.807, 2.05) is 42.5 Å². The standard InChI is InChI=1S/C21H25NO4/c1-24-19-12-17-10-6-7-11-22(14-18(17)13-20(19)25-2)21(23)26-15-16-8-4-3-5-9-16/h3-5,8-9,12-13H,6-7,10-11,14-15H2,1-2H3. The Labute approximate surface area is 154 Å². The predicted octanol–water partition coefficient (Wildman–Crippen LogP) is 4.18. The number of carbonyl (C=O) groups excluding carboxylic acids is 1. The fourth-order valence-corrected chi connectivity index (χ4v) is 3.21. The zero-order valence-corrected chi connectivity index (χ0v) is 15.4. The molecule has 0 N–H and O–H groups in total. The molecule has 0 aromatic heterocycles. The molecule has 138 valence electrons. The lowest BCUT2D eigenvalue weighted by molar-refractivity contribution is 0.0923. The van der Waals surface area contributed by atoms with Gasteiger partial charge in [-0.25, -0.2) is 4.79 Å². The molecule has 2 aromatic rings. The van der Waals surface area contributed by atoms with Crippen molar-refractivity contribution in [3.05, 3.63) is 59.2 Å². The van der Waals surface area contributed by atoms with Gasteiger partial charge in [-0.2, -0.15) is 0 Å². The summed E-state index contributed by atoms with van der Waals surface area (Å²) in [7, 11) is 3.26. The van der Waals surface area contributed by atoms with E-state index in [1.165, 1.54) is 5.56 Å². The average Bonchev–Trinajstić information content (AvgIpc) is 2.67. The van der Waals surface area contributed by atoms with E-state index in [4.69, 9.17) is 14.2 Å². The normalized spacial score (nSPS) is 14.0. The molecule has 0 unspecified atom stereocenters. The number of ether oxygens (including phenoxy) is 3. The quantitative estimate of drug-likeness (QED) is 0.825. The highest BCUT2D eigenvalue weighted by molar-refractivity contribution is 5.68. The van der Waals surface area contributed by atoms with Crippen molar-refractivity contribution in [1.82, 2.24) is 4.90 Å². The van der Waals surface area contributed by atoms with Crippen LogP contribution in [0.25, 0.3) is 0 Å². The van der Waals surface area contributed by atoms with E-state index in [9.17, 15) is 4.79 Å². The molecule has 0 aliphatic carbocycles. The second-order valence-corrected chi connectivity index (χ2v) is 6.39. The van der Waals surface area contributed by atoms with Crippen LogP contribution in [0.3, 0.4) is 0 Å². The molecule has 5 heteroatoms. The number of amides is 1. The van der Waals surface area contributed by atoms with Crippen LogP contribution in [0.4, 0.5) is 4.79 Å². The lowest BCUT2D eigenvalue weighted by Crippen LogP contribution is -2.33. The summed E-state index contributed by atoms with van der Waals surface area (Å²) in [6.45, 7) is 1.50. The van der Waals surface area contributed by atoms with Crippen molar-refractivity contribution in [3.8, 4) is 11.5 Å². The van der Waals surface area contributed by atoms with Crippen molar-refractivity contribution in [1.29, 1.82) is 0 Å². The van der Waals surface area contributed by atoms with Crippen LogP contribution in [-0.2, 0) is 24.3 Å². The van der Waals surface area contributed by atoms with Crippen molar-refractivity contribution in [2.24, 2.45) is 0 Å². The van der Waals surface area contributed by atoms with E-state index in [2.05, 4.69) is 0 Å². The lowest BCUT2D eigenvalue weighted by atomic mass is 9.98. The Bertz CT molecular complexity index is 745. The van der Waals surface area contributed by atoms with Gasteiger partial charge in [-0.15, -0.1) is 0 Å². The van der Waals surface area contributed by atoms with E-state index in [0.717, 1.165) is 36.1 Å². The number of rotatable bonds is 4. The van der Waals surface area contributed by atoms with Gasteiger partial charge in [0, 0.05) is 13.1 Å². The van der Waals surface area contributed by atoms with Crippen LogP contribution in [-0.4, -0.2) is 31.8 Å². The molecule has 0 fully saturated rings.